The van der Waals surface area contributed by atoms with Gasteiger partial charge in [-0.05, 0) is 67.1 Å². The SMILES string of the molecule is CC(C)c1c(C(=O)N(C)Cc2cccc(F)c2)nn(-c2ccc(F)cc2)c1CC[C@@H](O)C[C@@H](O)CC(=O)O. The molecule has 0 spiro atoms. The van der Waals surface area contributed by atoms with Gasteiger partial charge >= 0.3 is 5.97 Å². The zero-order valence-corrected chi connectivity index (χ0v) is 21.6. The van der Waals surface area contributed by atoms with E-state index in [2.05, 4.69) is 5.10 Å². The molecular weight excluding hydrogens is 496 g/mol. The van der Waals surface area contributed by atoms with E-state index in [-0.39, 0.29) is 43.3 Å². The smallest absolute Gasteiger partial charge is 0.305 e. The minimum atomic E-state index is -1.19. The second kappa shape index (κ2) is 12.7. The second-order valence-corrected chi connectivity index (χ2v) is 9.72. The Bertz CT molecular complexity index is 1260. The van der Waals surface area contributed by atoms with Crippen LogP contribution in [0, 0.1) is 11.6 Å². The van der Waals surface area contributed by atoms with Crippen LogP contribution in [0.25, 0.3) is 5.69 Å². The molecule has 10 heteroatoms. The van der Waals surface area contributed by atoms with Gasteiger partial charge in [0, 0.05) is 24.8 Å². The summed E-state index contributed by atoms with van der Waals surface area (Å²) in [6.45, 7) is 3.98. The first kappa shape index (κ1) is 28.9. The van der Waals surface area contributed by atoms with Crippen LogP contribution in [0.4, 0.5) is 8.78 Å². The maximum Gasteiger partial charge on any atom is 0.305 e. The van der Waals surface area contributed by atoms with Gasteiger partial charge in [0.15, 0.2) is 5.69 Å². The van der Waals surface area contributed by atoms with Crippen LogP contribution in [0.1, 0.15) is 66.3 Å². The maximum atomic E-state index is 13.7. The zero-order chi connectivity index (χ0) is 28.0. The summed E-state index contributed by atoms with van der Waals surface area (Å²) in [6.07, 6.45) is -2.33. The number of carbonyl (C=O) groups is 2. The monoisotopic (exact) mass is 529 g/mol. The normalized spacial score (nSPS) is 12.9. The van der Waals surface area contributed by atoms with E-state index in [1.54, 1.807) is 23.9 Å². The van der Waals surface area contributed by atoms with Gasteiger partial charge in [-0.15, -0.1) is 0 Å². The summed E-state index contributed by atoms with van der Waals surface area (Å²) in [5.41, 5.74) is 2.63. The van der Waals surface area contributed by atoms with E-state index >= 15 is 0 Å². The number of nitrogens with zero attached hydrogens (tertiary/aromatic N) is 3. The van der Waals surface area contributed by atoms with Crippen LogP contribution in [0.3, 0.4) is 0 Å². The Morgan fingerprint density at radius 1 is 1.03 bits per heavy atom. The maximum absolute atomic E-state index is 13.7. The molecular formula is C28H33F2N3O5. The average Bonchev–Trinajstić information content (AvgIpc) is 3.22. The molecule has 0 saturated heterocycles. The lowest BCUT2D eigenvalue weighted by atomic mass is 9.95. The summed E-state index contributed by atoms with van der Waals surface area (Å²) in [6, 6.07) is 11.6. The molecule has 0 unspecified atom stereocenters. The van der Waals surface area contributed by atoms with Crippen molar-refractivity contribution < 1.29 is 33.7 Å². The van der Waals surface area contributed by atoms with Crippen LogP contribution in [-0.4, -0.2) is 61.1 Å². The number of halogens is 2. The molecule has 1 aromatic heterocycles. The highest BCUT2D eigenvalue weighted by molar-refractivity contribution is 5.94. The number of aromatic nitrogens is 2. The summed E-state index contributed by atoms with van der Waals surface area (Å²) in [4.78, 5) is 25.8. The molecule has 2 atom stereocenters. The van der Waals surface area contributed by atoms with Crippen LogP contribution in [-0.2, 0) is 17.8 Å². The molecule has 0 radical (unpaired) electrons. The summed E-state index contributed by atoms with van der Waals surface area (Å²) in [7, 11) is 1.60. The Kier molecular flexibility index (Phi) is 9.71. The first-order valence-electron chi connectivity index (χ1n) is 12.4. The van der Waals surface area contributed by atoms with E-state index in [4.69, 9.17) is 5.11 Å². The Morgan fingerprint density at radius 3 is 2.32 bits per heavy atom. The van der Waals surface area contributed by atoms with Gasteiger partial charge in [-0.1, -0.05) is 26.0 Å². The Labute approximate surface area is 220 Å². The van der Waals surface area contributed by atoms with Crippen LogP contribution >= 0.6 is 0 Å². The fourth-order valence-corrected chi connectivity index (χ4v) is 4.45. The fourth-order valence-electron chi connectivity index (χ4n) is 4.45. The Balaban J connectivity index is 1.95. The first-order chi connectivity index (χ1) is 18.0. The summed E-state index contributed by atoms with van der Waals surface area (Å²) in [5.74, 6) is -2.51. The number of amides is 1. The van der Waals surface area contributed by atoms with E-state index < -0.39 is 36.2 Å². The predicted molar refractivity (Wildman–Crippen MR) is 137 cm³/mol. The molecule has 38 heavy (non-hydrogen) atoms. The number of carboxylic acid groups (broad SMARTS) is 1. The number of rotatable bonds is 12. The molecule has 0 bridgehead atoms. The highest BCUT2D eigenvalue weighted by Gasteiger charge is 2.28. The van der Waals surface area contributed by atoms with E-state index in [1.165, 1.54) is 41.3 Å². The number of hydrogen-bond acceptors (Lipinski definition) is 5. The zero-order valence-electron chi connectivity index (χ0n) is 21.6. The topological polar surface area (TPSA) is 116 Å². The van der Waals surface area contributed by atoms with E-state index in [0.29, 0.717) is 22.5 Å². The number of aliphatic carboxylic acids is 1. The van der Waals surface area contributed by atoms with Crippen molar-refractivity contribution in [2.45, 2.75) is 64.2 Å². The van der Waals surface area contributed by atoms with Crippen molar-refractivity contribution >= 4 is 11.9 Å². The molecule has 0 aliphatic heterocycles. The summed E-state index contributed by atoms with van der Waals surface area (Å²) >= 11 is 0. The minimum absolute atomic E-state index is 0.115. The van der Waals surface area contributed by atoms with Gasteiger partial charge in [0.25, 0.3) is 5.91 Å². The van der Waals surface area contributed by atoms with E-state index in [0.717, 1.165) is 0 Å². The molecule has 0 aliphatic rings. The summed E-state index contributed by atoms with van der Waals surface area (Å²) < 4.78 is 28.9. The third-order valence-corrected chi connectivity index (χ3v) is 6.20. The molecule has 1 amide bonds. The van der Waals surface area contributed by atoms with Gasteiger partial charge < -0.3 is 20.2 Å². The number of carboxylic acids is 1. The molecule has 204 valence electrons. The predicted octanol–water partition coefficient (Wildman–Crippen LogP) is 4.07. The lowest BCUT2D eigenvalue weighted by molar-refractivity contribution is -0.139. The first-order valence-corrected chi connectivity index (χ1v) is 12.4. The fraction of sp³-hybridized carbons (Fsp3) is 0.393. The third-order valence-electron chi connectivity index (χ3n) is 6.20. The molecule has 2 aromatic carbocycles. The molecule has 0 aliphatic carbocycles. The van der Waals surface area contributed by atoms with Gasteiger partial charge in [0.1, 0.15) is 11.6 Å². The number of aliphatic hydroxyl groups is 2. The van der Waals surface area contributed by atoms with Crippen molar-refractivity contribution in [2.24, 2.45) is 0 Å². The van der Waals surface area contributed by atoms with Gasteiger partial charge in [-0.3, -0.25) is 9.59 Å². The van der Waals surface area contributed by atoms with Gasteiger partial charge in [-0.2, -0.15) is 5.10 Å². The molecule has 3 aromatic rings. The van der Waals surface area contributed by atoms with Gasteiger partial charge in [0.2, 0.25) is 0 Å². The third kappa shape index (κ3) is 7.45. The highest BCUT2D eigenvalue weighted by Crippen LogP contribution is 2.29. The molecule has 3 rings (SSSR count). The van der Waals surface area contributed by atoms with Gasteiger partial charge in [0.05, 0.1) is 24.3 Å². The van der Waals surface area contributed by atoms with Crippen LogP contribution in [0.2, 0.25) is 0 Å². The minimum Gasteiger partial charge on any atom is -0.481 e. The Hall–Kier alpha value is -3.63. The second-order valence-electron chi connectivity index (χ2n) is 9.72. The molecule has 0 fully saturated rings. The number of hydrogen-bond donors (Lipinski definition) is 3. The Morgan fingerprint density at radius 2 is 1.71 bits per heavy atom. The van der Waals surface area contributed by atoms with Crippen molar-refractivity contribution in [1.29, 1.82) is 0 Å². The number of benzene rings is 2. The average molecular weight is 530 g/mol. The van der Waals surface area contributed by atoms with E-state index in [9.17, 15) is 28.6 Å². The molecule has 3 N–H and O–H groups in total. The number of carbonyl (C=O) groups excluding carboxylic acids is 1. The van der Waals surface area contributed by atoms with Crippen molar-refractivity contribution in [3.05, 3.63) is 82.7 Å². The largest absolute Gasteiger partial charge is 0.481 e. The van der Waals surface area contributed by atoms with Crippen molar-refractivity contribution in [2.75, 3.05) is 7.05 Å². The van der Waals surface area contributed by atoms with Crippen molar-refractivity contribution in [3.63, 3.8) is 0 Å². The van der Waals surface area contributed by atoms with Crippen LogP contribution < -0.4 is 0 Å². The summed E-state index contributed by atoms with van der Waals surface area (Å²) in [5, 5.41) is 33.8. The molecule has 1 heterocycles. The lowest BCUT2D eigenvalue weighted by Crippen LogP contribution is -2.27. The van der Waals surface area contributed by atoms with Gasteiger partial charge in [-0.25, -0.2) is 13.5 Å². The lowest BCUT2D eigenvalue weighted by Gasteiger charge is -2.18. The van der Waals surface area contributed by atoms with Crippen LogP contribution in [0.15, 0.2) is 48.5 Å². The molecule has 8 nitrogen and oxygen atoms in total. The standard InChI is InChI=1S/C28H33F2N3O5/c1-17(2)26-24(12-11-22(34)14-23(35)15-25(36)37)33(21-9-7-19(29)8-10-21)31-27(26)28(38)32(3)16-18-5-4-6-20(30)13-18/h4-10,13,17,22-23,34-35H,11-12,14-16H2,1-3H3,(H,36,37)/t22-,23-/m1/s1. The van der Waals surface area contributed by atoms with Crippen molar-refractivity contribution in [3.8, 4) is 5.69 Å². The highest BCUT2D eigenvalue weighted by atomic mass is 19.1. The molecule has 0 saturated carbocycles. The quantitative estimate of drug-likeness (QED) is 0.326. The number of aliphatic hydroxyl groups excluding tert-OH is 2. The van der Waals surface area contributed by atoms with E-state index in [1.807, 2.05) is 13.8 Å². The van der Waals surface area contributed by atoms with Crippen LogP contribution in [0.5, 0.6) is 0 Å². The van der Waals surface area contributed by atoms with Crippen molar-refractivity contribution in [1.82, 2.24) is 14.7 Å².